The number of rotatable bonds is 3. The molecule has 0 unspecified atom stereocenters. The van der Waals surface area contributed by atoms with Gasteiger partial charge in [0.25, 0.3) is 0 Å². The summed E-state index contributed by atoms with van der Waals surface area (Å²) in [6, 6.07) is 15.9. The summed E-state index contributed by atoms with van der Waals surface area (Å²) in [5.74, 6) is -1.10. The average Bonchev–Trinajstić information content (AvgIpc) is 2.59. The van der Waals surface area contributed by atoms with Crippen molar-refractivity contribution in [3.8, 4) is 0 Å². The molecule has 0 radical (unpaired) electrons. The molecule has 0 amide bonds. The third-order valence-corrected chi connectivity index (χ3v) is 3.83. The maximum Gasteiger partial charge on any atom is 0.198 e. The van der Waals surface area contributed by atoms with Gasteiger partial charge in [-0.1, -0.05) is 60.7 Å². The van der Waals surface area contributed by atoms with Crippen molar-refractivity contribution in [1.29, 1.82) is 0 Å². The van der Waals surface area contributed by atoms with Gasteiger partial charge >= 0.3 is 0 Å². The molecule has 0 atom stereocenters. The van der Waals surface area contributed by atoms with E-state index >= 15 is 0 Å². The van der Waals surface area contributed by atoms with Crippen molar-refractivity contribution >= 4 is 23.4 Å². The lowest BCUT2D eigenvalue weighted by atomic mass is 9.83. The Kier molecular flexibility index (Phi) is 3.85. The monoisotopic (exact) mass is 302 g/mol. The first-order chi connectivity index (χ1) is 11.1. The molecular formula is C20H14O3. The van der Waals surface area contributed by atoms with Crippen LogP contribution in [0.25, 0.3) is 6.08 Å². The fraction of sp³-hybridized carbons (Fsp3) is 0.0500. The Bertz CT molecular complexity index is 871. The Balaban J connectivity index is 1.98. The second-order valence-corrected chi connectivity index (χ2v) is 5.31. The predicted octanol–water partition coefficient (Wildman–Crippen LogP) is 3.66. The van der Waals surface area contributed by atoms with Crippen LogP contribution < -0.4 is 0 Å². The molecule has 23 heavy (non-hydrogen) atoms. The number of Topliss-reactive ketones (excluding diaryl/α,β-unsaturated/α-hetero) is 2. The first kappa shape index (κ1) is 14.9. The van der Waals surface area contributed by atoms with Crippen LogP contribution in [0.15, 0.2) is 71.8 Å². The van der Waals surface area contributed by atoms with Gasteiger partial charge in [0.15, 0.2) is 17.3 Å². The standard InChI is InChI=1S/C20H14O3/c1-13-18(17(21)12-11-14-7-3-2-4-8-14)20(23)16-10-6-5-9-15(16)19(13)22/h2-12H,1H3/b12-11+. The minimum atomic E-state index is -0.445. The van der Waals surface area contributed by atoms with Crippen molar-refractivity contribution in [2.75, 3.05) is 0 Å². The summed E-state index contributed by atoms with van der Waals surface area (Å²) < 4.78 is 0. The molecule has 0 saturated heterocycles. The van der Waals surface area contributed by atoms with Gasteiger partial charge in [-0.3, -0.25) is 14.4 Å². The molecule has 1 aliphatic rings. The lowest BCUT2D eigenvalue weighted by Crippen LogP contribution is -2.24. The molecule has 0 heterocycles. The molecule has 1 aliphatic carbocycles. The van der Waals surface area contributed by atoms with Crippen molar-refractivity contribution in [1.82, 2.24) is 0 Å². The second kappa shape index (κ2) is 5.97. The van der Waals surface area contributed by atoms with Gasteiger partial charge < -0.3 is 0 Å². The van der Waals surface area contributed by atoms with Crippen molar-refractivity contribution in [3.05, 3.63) is 88.5 Å². The lowest BCUT2D eigenvalue weighted by Gasteiger charge is -2.17. The van der Waals surface area contributed by atoms with E-state index in [9.17, 15) is 14.4 Å². The maximum atomic E-state index is 12.6. The third kappa shape index (κ3) is 2.69. The molecule has 2 aromatic rings. The molecule has 0 N–H and O–H groups in total. The molecule has 112 valence electrons. The fourth-order valence-electron chi connectivity index (χ4n) is 2.62. The minimum absolute atomic E-state index is 0.0409. The van der Waals surface area contributed by atoms with Crippen molar-refractivity contribution in [2.45, 2.75) is 6.92 Å². The first-order valence-corrected chi connectivity index (χ1v) is 7.26. The van der Waals surface area contributed by atoms with E-state index in [1.807, 2.05) is 30.3 Å². The van der Waals surface area contributed by atoms with Crippen LogP contribution in [0.1, 0.15) is 33.2 Å². The number of fused-ring (bicyclic) bond motifs is 1. The van der Waals surface area contributed by atoms with Crippen molar-refractivity contribution in [2.24, 2.45) is 0 Å². The number of carbonyl (C=O) groups is 3. The van der Waals surface area contributed by atoms with Crippen LogP contribution in [-0.2, 0) is 4.79 Å². The summed E-state index contributed by atoms with van der Waals surface area (Å²) >= 11 is 0. The Labute approximate surface area is 134 Å². The van der Waals surface area contributed by atoms with Crippen LogP contribution in [0.5, 0.6) is 0 Å². The lowest BCUT2D eigenvalue weighted by molar-refractivity contribution is -0.111. The van der Waals surface area contributed by atoms with E-state index in [-0.39, 0.29) is 22.7 Å². The zero-order chi connectivity index (χ0) is 16.4. The summed E-state index contributed by atoms with van der Waals surface area (Å²) in [6.07, 6.45) is 2.98. The number of benzene rings is 2. The first-order valence-electron chi connectivity index (χ1n) is 7.26. The molecule has 0 saturated carbocycles. The molecule has 0 fully saturated rings. The van der Waals surface area contributed by atoms with Gasteiger partial charge in [-0.05, 0) is 18.6 Å². The van der Waals surface area contributed by atoms with Crippen LogP contribution in [0, 0.1) is 0 Å². The van der Waals surface area contributed by atoms with Gasteiger partial charge in [0.2, 0.25) is 0 Å². The molecule has 2 aromatic carbocycles. The highest BCUT2D eigenvalue weighted by Crippen LogP contribution is 2.26. The van der Waals surface area contributed by atoms with E-state index in [1.165, 1.54) is 13.0 Å². The average molecular weight is 302 g/mol. The van der Waals surface area contributed by atoms with Gasteiger partial charge in [-0.2, -0.15) is 0 Å². The normalized spacial score (nSPS) is 14.3. The molecule has 3 nitrogen and oxygen atoms in total. The van der Waals surface area contributed by atoms with Crippen molar-refractivity contribution < 1.29 is 14.4 Å². The fourth-order valence-corrected chi connectivity index (χ4v) is 2.62. The zero-order valence-corrected chi connectivity index (χ0v) is 12.6. The molecule has 0 spiro atoms. The minimum Gasteiger partial charge on any atom is -0.289 e. The largest absolute Gasteiger partial charge is 0.289 e. The number of carbonyl (C=O) groups excluding carboxylic acids is 3. The molecule has 0 bridgehead atoms. The number of hydrogen-bond acceptors (Lipinski definition) is 3. The van der Waals surface area contributed by atoms with Gasteiger partial charge in [0, 0.05) is 16.7 Å². The third-order valence-electron chi connectivity index (χ3n) is 3.83. The summed E-state index contributed by atoms with van der Waals surface area (Å²) in [6.45, 7) is 1.53. The van der Waals surface area contributed by atoms with Gasteiger partial charge in [0.1, 0.15) is 0 Å². The van der Waals surface area contributed by atoms with Crippen LogP contribution in [-0.4, -0.2) is 17.3 Å². The smallest absolute Gasteiger partial charge is 0.198 e. The van der Waals surface area contributed by atoms with Gasteiger partial charge in [0.05, 0.1) is 5.57 Å². The predicted molar refractivity (Wildman–Crippen MR) is 88.3 cm³/mol. The molecule has 3 heteroatoms. The quantitative estimate of drug-likeness (QED) is 0.642. The topological polar surface area (TPSA) is 51.2 Å². The number of allylic oxidation sites excluding steroid dienone is 3. The number of hydrogen-bond donors (Lipinski definition) is 0. The van der Waals surface area contributed by atoms with Gasteiger partial charge in [-0.25, -0.2) is 0 Å². The van der Waals surface area contributed by atoms with Crippen LogP contribution in [0.2, 0.25) is 0 Å². The molecule has 0 aliphatic heterocycles. The summed E-state index contributed by atoms with van der Waals surface area (Å²) in [5.41, 5.74) is 1.67. The van der Waals surface area contributed by atoms with E-state index < -0.39 is 5.78 Å². The highest BCUT2D eigenvalue weighted by atomic mass is 16.2. The highest BCUT2D eigenvalue weighted by Gasteiger charge is 2.32. The second-order valence-electron chi connectivity index (χ2n) is 5.31. The summed E-state index contributed by atoms with van der Waals surface area (Å²) in [4.78, 5) is 37.4. The zero-order valence-electron chi connectivity index (χ0n) is 12.6. The van der Waals surface area contributed by atoms with Gasteiger partial charge in [-0.15, -0.1) is 0 Å². The van der Waals surface area contributed by atoms with E-state index in [2.05, 4.69) is 0 Å². The maximum absolute atomic E-state index is 12.6. The molecular weight excluding hydrogens is 288 g/mol. The summed E-state index contributed by atoms with van der Waals surface area (Å²) in [5, 5.41) is 0. The Hall–Kier alpha value is -3.07. The van der Waals surface area contributed by atoms with Crippen LogP contribution in [0.4, 0.5) is 0 Å². The highest BCUT2D eigenvalue weighted by molar-refractivity contribution is 6.38. The molecule has 0 aromatic heterocycles. The van der Waals surface area contributed by atoms with E-state index in [1.54, 1.807) is 30.3 Å². The Morgan fingerprint density at radius 3 is 2.04 bits per heavy atom. The number of ketones is 3. The van der Waals surface area contributed by atoms with E-state index in [0.29, 0.717) is 11.1 Å². The van der Waals surface area contributed by atoms with E-state index in [0.717, 1.165) is 5.56 Å². The molecule has 3 rings (SSSR count). The van der Waals surface area contributed by atoms with Crippen molar-refractivity contribution in [3.63, 3.8) is 0 Å². The van der Waals surface area contributed by atoms with E-state index in [4.69, 9.17) is 0 Å². The van der Waals surface area contributed by atoms with Crippen LogP contribution in [0.3, 0.4) is 0 Å². The Morgan fingerprint density at radius 2 is 1.39 bits per heavy atom. The Morgan fingerprint density at radius 1 is 0.826 bits per heavy atom. The summed E-state index contributed by atoms with van der Waals surface area (Å²) in [7, 11) is 0. The van der Waals surface area contributed by atoms with Crippen LogP contribution >= 0.6 is 0 Å². The SMILES string of the molecule is CC1=C(C(=O)/C=C/c2ccccc2)C(=O)c2ccccc2C1=O.